The third kappa shape index (κ3) is 6.26. The smallest absolute Gasteiger partial charge is 0.408 e. The van der Waals surface area contributed by atoms with Gasteiger partial charge >= 0.3 is 12.1 Å². The van der Waals surface area contributed by atoms with Crippen LogP contribution >= 0.6 is 11.3 Å². The molecule has 1 aromatic rings. The van der Waals surface area contributed by atoms with Crippen LogP contribution < -0.4 is 10.6 Å². The molecule has 7 nitrogen and oxygen atoms in total. The standard InChI is InChI=1S/C13H18N2O5S/c1-13(2,3)20-12(19)14-7-9(16)15-10(11(17)18)8-5-4-6-21-8/h4-6,10H,7H2,1-3H3,(H,14,19)(H,15,16)(H,17,18). The van der Waals surface area contributed by atoms with Gasteiger partial charge in [-0.3, -0.25) is 4.79 Å². The number of hydrogen-bond acceptors (Lipinski definition) is 5. The third-order valence-corrected chi connectivity index (χ3v) is 3.11. The number of alkyl carbamates (subject to hydrolysis) is 1. The fourth-order valence-electron chi connectivity index (χ4n) is 1.39. The van der Waals surface area contributed by atoms with Gasteiger partial charge < -0.3 is 20.5 Å². The van der Waals surface area contributed by atoms with Crippen molar-refractivity contribution in [3.8, 4) is 0 Å². The van der Waals surface area contributed by atoms with Crippen molar-refractivity contribution in [3.05, 3.63) is 22.4 Å². The summed E-state index contributed by atoms with van der Waals surface area (Å²) in [5.74, 6) is -1.77. The molecule has 0 aliphatic heterocycles. The van der Waals surface area contributed by atoms with Gasteiger partial charge in [0.15, 0.2) is 6.04 Å². The Labute approximate surface area is 126 Å². The highest BCUT2D eigenvalue weighted by atomic mass is 32.1. The van der Waals surface area contributed by atoms with Crippen LogP contribution in [0.25, 0.3) is 0 Å². The molecule has 0 saturated heterocycles. The number of carboxylic acids is 1. The van der Waals surface area contributed by atoms with Crippen molar-refractivity contribution in [3.63, 3.8) is 0 Å². The molecule has 0 aliphatic carbocycles. The first kappa shape index (κ1) is 17.0. The van der Waals surface area contributed by atoms with Gasteiger partial charge in [0, 0.05) is 4.88 Å². The van der Waals surface area contributed by atoms with Crippen molar-refractivity contribution < 1.29 is 24.2 Å². The molecule has 1 unspecified atom stereocenters. The molecule has 0 radical (unpaired) electrons. The van der Waals surface area contributed by atoms with Crippen LogP contribution in [0.1, 0.15) is 31.7 Å². The van der Waals surface area contributed by atoms with Gasteiger partial charge in [0.2, 0.25) is 5.91 Å². The number of ether oxygens (including phenoxy) is 1. The number of thiophene rings is 1. The summed E-state index contributed by atoms with van der Waals surface area (Å²) in [6.45, 7) is 4.74. The lowest BCUT2D eigenvalue weighted by atomic mass is 10.2. The summed E-state index contributed by atoms with van der Waals surface area (Å²) < 4.78 is 4.97. The predicted molar refractivity (Wildman–Crippen MR) is 77.1 cm³/mol. The Morgan fingerprint density at radius 1 is 1.38 bits per heavy atom. The second kappa shape index (κ2) is 7.07. The van der Waals surface area contributed by atoms with E-state index in [0.29, 0.717) is 4.88 Å². The summed E-state index contributed by atoms with van der Waals surface area (Å²) in [4.78, 5) is 34.7. The molecule has 8 heteroatoms. The molecule has 0 saturated carbocycles. The lowest BCUT2D eigenvalue weighted by molar-refractivity contribution is -0.141. The average molecular weight is 314 g/mol. The molecule has 0 spiro atoms. The largest absolute Gasteiger partial charge is 0.479 e. The van der Waals surface area contributed by atoms with Gasteiger partial charge in [-0.15, -0.1) is 11.3 Å². The van der Waals surface area contributed by atoms with Crippen molar-refractivity contribution in [2.45, 2.75) is 32.4 Å². The van der Waals surface area contributed by atoms with Crippen LogP contribution in [0.5, 0.6) is 0 Å². The van der Waals surface area contributed by atoms with Gasteiger partial charge in [-0.25, -0.2) is 9.59 Å². The van der Waals surface area contributed by atoms with E-state index in [9.17, 15) is 14.4 Å². The quantitative estimate of drug-likeness (QED) is 0.764. The van der Waals surface area contributed by atoms with Gasteiger partial charge in [-0.2, -0.15) is 0 Å². The molecular formula is C13H18N2O5S. The van der Waals surface area contributed by atoms with Crippen LogP contribution in [0.3, 0.4) is 0 Å². The Morgan fingerprint density at radius 3 is 2.52 bits per heavy atom. The average Bonchev–Trinajstić information content (AvgIpc) is 2.84. The predicted octanol–water partition coefficient (Wildman–Crippen LogP) is 1.51. The molecule has 0 aromatic carbocycles. The molecule has 1 rings (SSSR count). The van der Waals surface area contributed by atoms with Crippen molar-refractivity contribution in [1.82, 2.24) is 10.6 Å². The molecule has 0 aliphatic rings. The zero-order valence-corrected chi connectivity index (χ0v) is 12.8. The highest BCUT2D eigenvalue weighted by molar-refractivity contribution is 7.10. The zero-order chi connectivity index (χ0) is 16.0. The van der Waals surface area contributed by atoms with E-state index in [1.54, 1.807) is 38.3 Å². The van der Waals surface area contributed by atoms with E-state index in [2.05, 4.69) is 10.6 Å². The first-order chi connectivity index (χ1) is 9.69. The summed E-state index contributed by atoms with van der Waals surface area (Å²) in [5.41, 5.74) is -0.666. The Morgan fingerprint density at radius 2 is 2.05 bits per heavy atom. The maximum Gasteiger partial charge on any atom is 0.408 e. The number of amides is 2. The Kier molecular flexibility index (Phi) is 5.71. The minimum atomic E-state index is -1.16. The number of aliphatic carboxylic acids is 1. The molecule has 21 heavy (non-hydrogen) atoms. The Hall–Kier alpha value is -2.09. The Balaban J connectivity index is 2.49. The van der Waals surface area contributed by atoms with Crippen LogP contribution in [0, 0.1) is 0 Å². The second-order valence-electron chi connectivity index (χ2n) is 5.21. The highest BCUT2D eigenvalue weighted by Crippen LogP contribution is 2.18. The van der Waals surface area contributed by atoms with E-state index >= 15 is 0 Å². The number of carboxylic acid groups (broad SMARTS) is 1. The van der Waals surface area contributed by atoms with Gasteiger partial charge in [0.25, 0.3) is 0 Å². The van der Waals surface area contributed by atoms with Crippen LogP contribution in [0.2, 0.25) is 0 Å². The third-order valence-electron chi connectivity index (χ3n) is 2.17. The number of carbonyl (C=O) groups excluding carboxylic acids is 2. The van der Waals surface area contributed by atoms with E-state index in [0.717, 1.165) is 0 Å². The molecule has 1 aromatic heterocycles. The second-order valence-corrected chi connectivity index (χ2v) is 6.19. The normalized spacial score (nSPS) is 12.3. The van der Waals surface area contributed by atoms with Crippen molar-refractivity contribution >= 4 is 29.3 Å². The van der Waals surface area contributed by atoms with Gasteiger partial charge in [-0.1, -0.05) is 6.07 Å². The van der Waals surface area contributed by atoms with E-state index < -0.39 is 29.6 Å². The molecule has 1 heterocycles. The highest BCUT2D eigenvalue weighted by Gasteiger charge is 2.23. The van der Waals surface area contributed by atoms with Crippen molar-refractivity contribution in [1.29, 1.82) is 0 Å². The van der Waals surface area contributed by atoms with E-state index in [-0.39, 0.29) is 6.54 Å². The maximum absolute atomic E-state index is 11.7. The number of rotatable bonds is 5. The molecule has 3 N–H and O–H groups in total. The summed E-state index contributed by atoms with van der Waals surface area (Å²) in [6, 6.07) is 2.18. The van der Waals surface area contributed by atoms with Crippen LogP contribution in [-0.2, 0) is 14.3 Å². The summed E-state index contributed by atoms with van der Waals surface area (Å²) in [5, 5.41) is 15.4. The van der Waals surface area contributed by atoms with E-state index in [4.69, 9.17) is 9.84 Å². The number of carbonyl (C=O) groups is 3. The minimum absolute atomic E-state index is 0.357. The zero-order valence-electron chi connectivity index (χ0n) is 12.0. The molecule has 0 fully saturated rings. The lowest BCUT2D eigenvalue weighted by Crippen LogP contribution is -2.42. The summed E-state index contributed by atoms with van der Waals surface area (Å²) in [7, 11) is 0. The van der Waals surface area contributed by atoms with E-state index in [1.807, 2.05) is 0 Å². The van der Waals surface area contributed by atoms with Crippen molar-refractivity contribution in [2.24, 2.45) is 0 Å². The first-order valence-electron chi connectivity index (χ1n) is 6.21. The molecule has 116 valence electrons. The first-order valence-corrected chi connectivity index (χ1v) is 7.09. The van der Waals surface area contributed by atoms with Gasteiger partial charge in [0.05, 0.1) is 0 Å². The van der Waals surface area contributed by atoms with Crippen LogP contribution in [-0.4, -0.2) is 35.2 Å². The topological polar surface area (TPSA) is 105 Å². The maximum atomic E-state index is 11.7. The summed E-state index contributed by atoms with van der Waals surface area (Å²) >= 11 is 1.23. The monoisotopic (exact) mass is 314 g/mol. The fraction of sp³-hybridized carbons (Fsp3) is 0.462. The van der Waals surface area contributed by atoms with E-state index in [1.165, 1.54) is 11.3 Å². The van der Waals surface area contributed by atoms with Crippen LogP contribution in [0.4, 0.5) is 4.79 Å². The molecule has 2 amide bonds. The molecule has 1 atom stereocenters. The Bertz CT molecular complexity index is 507. The number of nitrogens with one attached hydrogen (secondary N) is 2. The van der Waals surface area contributed by atoms with Gasteiger partial charge in [-0.05, 0) is 32.2 Å². The molecule has 0 bridgehead atoms. The van der Waals surface area contributed by atoms with Gasteiger partial charge in [0.1, 0.15) is 12.1 Å². The SMILES string of the molecule is CC(C)(C)OC(=O)NCC(=O)NC(C(=O)O)c1cccs1. The molecular weight excluding hydrogens is 296 g/mol. The lowest BCUT2D eigenvalue weighted by Gasteiger charge is -2.19. The minimum Gasteiger partial charge on any atom is -0.479 e. The number of hydrogen-bond donors (Lipinski definition) is 3. The van der Waals surface area contributed by atoms with Crippen molar-refractivity contribution in [2.75, 3.05) is 6.54 Å². The fourth-order valence-corrected chi connectivity index (χ4v) is 2.16. The summed E-state index contributed by atoms with van der Waals surface area (Å²) in [6.07, 6.45) is -0.736. The van der Waals surface area contributed by atoms with Crippen LogP contribution in [0.15, 0.2) is 17.5 Å².